The molecule has 0 atom stereocenters. The average Bonchev–Trinajstić information content (AvgIpc) is 2.84. The second-order valence-electron chi connectivity index (χ2n) is 3.56. The molecule has 1 heterocycles. The molecule has 0 radical (unpaired) electrons. The van der Waals surface area contributed by atoms with Gasteiger partial charge in [-0.2, -0.15) is 0 Å². The molecule has 3 nitrogen and oxygen atoms in total. The van der Waals surface area contributed by atoms with E-state index in [1.165, 1.54) is 0 Å². The van der Waals surface area contributed by atoms with Crippen LogP contribution in [0.25, 0.3) is 0 Å². The molecule has 0 aliphatic heterocycles. The van der Waals surface area contributed by atoms with Crippen LogP contribution in [0.15, 0.2) is 6.07 Å². The Bertz CT molecular complexity index is 337. The van der Waals surface area contributed by atoms with Crippen molar-refractivity contribution in [3.05, 3.63) is 23.0 Å². The van der Waals surface area contributed by atoms with Gasteiger partial charge in [-0.25, -0.2) is 4.79 Å². The summed E-state index contributed by atoms with van der Waals surface area (Å²) in [5.74, 6) is -0.329. The lowest BCUT2D eigenvalue weighted by Crippen LogP contribution is -2.00. The van der Waals surface area contributed by atoms with Gasteiger partial charge >= 0.3 is 5.97 Å². The molecule has 1 aliphatic carbocycles. The Morgan fingerprint density at radius 1 is 1.69 bits per heavy atom. The quantitative estimate of drug-likeness (QED) is 0.747. The lowest BCUT2D eigenvalue weighted by atomic mass is 10.1. The number of aromatic nitrogens is 1. The van der Waals surface area contributed by atoms with Gasteiger partial charge in [-0.1, -0.05) is 6.92 Å². The van der Waals surface area contributed by atoms with Crippen LogP contribution < -0.4 is 0 Å². The number of rotatable bonds is 3. The second-order valence-corrected chi connectivity index (χ2v) is 3.56. The fraction of sp³-hybridized carbons (Fsp3) is 0.500. The van der Waals surface area contributed by atoms with Crippen LogP contribution >= 0.6 is 0 Å². The van der Waals surface area contributed by atoms with Gasteiger partial charge < -0.3 is 10.1 Å². The van der Waals surface area contributed by atoms with E-state index >= 15 is 0 Å². The van der Waals surface area contributed by atoms with Crippen molar-refractivity contribution in [1.29, 1.82) is 0 Å². The molecule has 1 aromatic rings. The molecule has 0 spiro atoms. The van der Waals surface area contributed by atoms with Crippen LogP contribution in [-0.2, 0) is 6.42 Å². The molecule has 0 amide bonds. The summed E-state index contributed by atoms with van der Waals surface area (Å²) in [6.45, 7) is 2.02. The molecule has 0 aromatic carbocycles. The third-order valence-electron chi connectivity index (χ3n) is 2.52. The van der Waals surface area contributed by atoms with Gasteiger partial charge in [0, 0.05) is 5.69 Å². The Labute approximate surface area is 76.8 Å². The van der Waals surface area contributed by atoms with E-state index in [-0.39, 0.29) is 0 Å². The Kier molecular flexibility index (Phi) is 1.87. The fourth-order valence-electron chi connectivity index (χ4n) is 1.61. The van der Waals surface area contributed by atoms with Crippen LogP contribution in [0.2, 0.25) is 0 Å². The van der Waals surface area contributed by atoms with Crippen molar-refractivity contribution in [2.45, 2.75) is 32.1 Å². The number of carbonyl (C=O) groups is 1. The molecule has 0 saturated heterocycles. The van der Waals surface area contributed by atoms with Gasteiger partial charge in [-0.15, -0.1) is 0 Å². The number of carboxylic acid groups (broad SMARTS) is 1. The highest BCUT2D eigenvalue weighted by atomic mass is 16.4. The van der Waals surface area contributed by atoms with Gasteiger partial charge in [-0.3, -0.25) is 0 Å². The van der Waals surface area contributed by atoms with Gasteiger partial charge in [0.1, 0.15) is 5.69 Å². The molecule has 1 saturated carbocycles. The Hall–Kier alpha value is -1.25. The molecule has 70 valence electrons. The maximum Gasteiger partial charge on any atom is 0.352 e. The largest absolute Gasteiger partial charge is 0.477 e. The van der Waals surface area contributed by atoms with Gasteiger partial charge in [0.2, 0.25) is 0 Å². The minimum atomic E-state index is -0.832. The first-order valence-corrected chi connectivity index (χ1v) is 4.67. The molecule has 3 heteroatoms. The summed E-state index contributed by atoms with van der Waals surface area (Å²) in [5.41, 5.74) is 2.43. The van der Waals surface area contributed by atoms with Crippen LogP contribution in [0.4, 0.5) is 0 Å². The summed E-state index contributed by atoms with van der Waals surface area (Å²) < 4.78 is 0. The molecular weight excluding hydrogens is 166 g/mol. The number of carboxylic acids is 1. The van der Waals surface area contributed by atoms with Crippen molar-refractivity contribution in [1.82, 2.24) is 4.98 Å². The number of aromatic amines is 1. The maximum absolute atomic E-state index is 10.9. The molecule has 13 heavy (non-hydrogen) atoms. The molecule has 0 unspecified atom stereocenters. The second kappa shape index (κ2) is 2.91. The zero-order valence-corrected chi connectivity index (χ0v) is 7.63. The topological polar surface area (TPSA) is 53.1 Å². The number of aromatic carboxylic acids is 1. The molecule has 0 bridgehead atoms. The van der Waals surface area contributed by atoms with E-state index < -0.39 is 5.97 Å². The lowest BCUT2D eigenvalue weighted by Gasteiger charge is -1.94. The van der Waals surface area contributed by atoms with Crippen molar-refractivity contribution < 1.29 is 9.90 Å². The minimum Gasteiger partial charge on any atom is -0.477 e. The third kappa shape index (κ3) is 1.46. The zero-order valence-electron chi connectivity index (χ0n) is 7.63. The first-order chi connectivity index (χ1) is 6.22. The monoisotopic (exact) mass is 179 g/mol. The van der Waals surface area contributed by atoms with Crippen molar-refractivity contribution in [3.8, 4) is 0 Å². The van der Waals surface area contributed by atoms with E-state index in [1.807, 2.05) is 13.0 Å². The highest BCUT2D eigenvalue weighted by Gasteiger charge is 2.29. The summed E-state index contributed by atoms with van der Waals surface area (Å²) in [7, 11) is 0. The Balaban J connectivity index is 2.39. The number of nitrogens with one attached hydrogen (secondary N) is 1. The van der Waals surface area contributed by atoms with Crippen LogP contribution in [0, 0.1) is 0 Å². The third-order valence-corrected chi connectivity index (χ3v) is 2.52. The molecule has 1 aliphatic rings. The van der Waals surface area contributed by atoms with E-state index in [0.29, 0.717) is 11.6 Å². The fourth-order valence-corrected chi connectivity index (χ4v) is 1.61. The first kappa shape index (κ1) is 8.35. The molecular formula is C10H13NO2. The zero-order chi connectivity index (χ0) is 9.42. The predicted octanol–water partition coefficient (Wildman–Crippen LogP) is 2.15. The van der Waals surface area contributed by atoms with Gasteiger partial charge in [0.25, 0.3) is 0 Å². The summed E-state index contributed by atoms with van der Waals surface area (Å²) in [4.78, 5) is 13.8. The van der Waals surface area contributed by atoms with Crippen LogP contribution in [0.1, 0.15) is 47.4 Å². The van der Waals surface area contributed by atoms with E-state index in [1.54, 1.807) is 0 Å². The van der Waals surface area contributed by atoms with Crippen molar-refractivity contribution in [2.75, 3.05) is 0 Å². The predicted molar refractivity (Wildman–Crippen MR) is 49.1 cm³/mol. The van der Waals surface area contributed by atoms with E-state index in [4.69, 9.17) is 5.11 Å². The number of H-pyrrole nitrogens is 1. The first-order valence-electron chi connectivity index (χ1n) is 4.67. The number of aryl methyl sites for hydroxylation is 1. The molecule has 2 rings (SSSR count). The highest BCUT2D eigenvalue weighted by Crippen LogP contribution is 2.42. The summed E-state index contributed by atoms with van der Waals surface area (Å²) >= 11 is 0. The Morgan fingerprint density at radius 2 is 2.38 bits per heavy atom. The Morgan fingerprint density at radius 3 is 2.85 bits per heavy atom. The normalized spacial score (nSPS) is 16.1. The highest BCUT2D eigenvalue weighted by molar-refractivity contribution is 5.88. The van der Waals surface area contributed by atoms with Crippen LogP contribution in [0.5, 0.6) is 0 Å². The van der Waals surface area contributed by atoms with Gasteiger partial charge in [-0.05, 0) is 36.8 Å². The average molecular weight is 179 g/mol. The standard InChI is InChI=1S/C10H13NO2/c1-2-7-5-8(6-3-4-6)9(11-7)10(12)13/h5-6,11H,2-4H2,1H3,(H,12,13). The summed E-state index contributed by atoms with van der Waals surface area (Å²) in [6.07, 6.45) is 3.15. The van der Waals surface area contributed by atoms with Crippen molar-refractivity contribution >= 4 is 5.97 Å². The molecule has 2 N–H and O–H groups in total. The number of hydrogen-bond donors (Lipinski definition) is 2. The minimum absolute atomic E-state index is 0.402. The van der Waals surface area contributed by atoms with E-state index in [9.17, 15) is 4.79 Å². The van der Waals surface area contributed by atoms with Gasteiger partial charge in [0.05, 0.1) is 0 Å². The molecule has 1 aromatic heterocycles. The van der Waals surface area contributed by atoms with Crippen LogP contribution in [0.3, 0.4) is 0 Å². The SMILES string of the molecule is CCc1cc(C2CC2)c(C(=O)O)[nH]1. The van der Waals surface area contributed by atoms with Crippen molar-refractivity contribution in [3.63, 3.8) is 0 Å². The van der Waals surface area contributed by atoms with E-state index in [2.05, 4.69) is 4.98 Å². The van der Waals surface area contributed by atoms with Crippen molar-refractivity contribution in [2.24, 2.45) is 0 Å². The van der Waals surface area contributed by atoms with Gasteiger partial charge in [0.15, 0.2) is 0 Å². The summed E-state index contributed by atoms with van der Waals surface area (Å²) in [6, 6.07) is 2.00. The molecule has 1 fully saturated rings. The summed E-state index contributed by atoms with van der Waals surface area (Å²) in [5, 5.41) is 8.92. The lowest BCUT2D eigenvalue weighted by molar-refractivity contribution is 0.0690. The van der Waals surface area contributed by atoms with Crippen LogP contribution in [-0.4, -0.2) is 16.1 Å². The smallest absolute Gasteiger partial charge is 0.352 e. The van der Waals surface area contributed by atoms with E-state index in [0.717, 1.165) is 30.5 Å². The number of hydrogen-bond acceptors (Lipinski definition) is 1. The maximum atomic E-state index is 10.9.